The van der Waals surface area contributed by atoms with Crippen molar-refractivity contribution in [3.05, 3.63) is 46.4 Å². The average Bonchev–Trinajstić information content (AvgIpc) is 3.51. The number of hydrazine groups is 1. The van der Waals surface area contributed by atoms with Gasteiger partial charge in [0.15, 0.2) is 0 Å². The fourth-order valence-electron chi connectivity index (χ4n) is 5.84. The lowest BCUT2D eigenvalue weighted by Crippen LogP contribution is -2.47. The molecule has 4 N–H and O–H groups in total. The molecule has 1 aliphatic carbocycles. The first-order chi connectivity index (χ1) is 17.3. The van der Waals surface area contributed by atoms with Gasteiger partial charge in [-0.05, 0) is 67.7 Å². The van der Waals surface area contributed by atoms with Gasteiger partial charge in [0, 0.05) is 31.3 Å². The van der Waals surface area contributed by atoms with E-state index in [1.54, 1.807) is 11.2 Å². The Bertz CT molecular complexity index is 1180. The van der Waals surface area contributed by atoms with E-state index in [1.165, 1.54) is 6.07 Å². The zero-order valence-electron chi connectivity index (χ0n) is 20.8. The quantitative estimate of drug-likeness (QED) is 0.419. The Morgan fingerprint density at radius 2 is 1.92 bits per heavy atom. The van der Waals surface area contributed by atoms with Gasteiger partial charge in [-0.3, -0.25) is 0 Å². The molecule has 2 atom stereocenters. The number of hydrogen-bond donors (Lipinski definition) is 4. The summed E-state index contributed by atoms with van der Waals surface area (Å²) in [7, 11) is 0. The topological polar surface area (TPSA) is 127 Å². The van der Waals surface area contributed by atoms with Gasteiger partial charge in [-0.25, -0.2) is 25.2 Å². The lowest BCUT2D eigenvalue weighted by molar-refractivity contribution is -0.167. The third-order valence-electron chi connectivity index (χ3n) is 7.82. The van der Waals surface area contributed by atoms with Crippen LogP contribution in [0, 0.1) is 5.92 Å². The number of aryl methyl sites for hydroxylation is 2. The number of carbonyl (C=O) groups excluding carboxylic acids is 1. The smallest absolute Gasteiger partial charge is 0.338 e. The van der Waals surface area contributed by atoms with Crippen LogP contribution in [0.3, 0.4) is 0 Å². The van der Waals surface area contributed by atoms with E-state index in [4.69, 9.17) is 4.74 Å². The number of nitrogens with one attached hydrogen (secondary N) is 1. The number of ether oxygens (including phenoxy) is 1. The first-order valence-corrected chi connectivity index (χ1v) is 12.8. The van der Waals surface area contributed by atoms with Crippen molar-refractivity contribution in [3.8, 4) is 11.5 Å². The van der Waals surface area contributed by atoms with E-state index in [2.05, 4.69) is 15.4 Å². The summed E-state index contributed by atoms with van der Waals surface area (Å²) in [5.41, 5.74) is 5.07. The summed E-state index contributed by atoms with van der Waals surface area (Å²) in [5.74, 6) is 0.340. The average molecular weight is 495 g/mol. The number of hydrogen-bond acceptors (Lipinski definition) is 9. The zero-order chi connectivity index (χ0) is 25.4. The second-order valence-corrected chi connectivity index (χ2v) is 10.3. The van der Waals surface area contributed by atoms with Crippen molar-refractivity contribution in [2.45, 2.75) is 83.4 Å². The van der Waals surface area contributed by atoms with E-state index in [0.717, 1.165) is 36.8 Å². The number of benzene rings is 1. The van der Waals surface area contributed by atoms with Crippen molar-refractivity contribution in [3.63, 3.8) is 0 Å². The maximum atomic E-state index is 13.3. The molecule has 1 aromatic rings. The van der Waals surface area contributed by atoms with Gasteiger partial charge < -0.3 is 20.1 Å². The summed E-state index contributed by atoms with van der Waals surface area (Å²) < 4.78 is 6.21. The van der Waals surface area contributed by atoms with Gasteiger partial charge in [0.25, 0.3) is 0 Å². The molecule has 1 fully saturated rings. The molecular weight excluding hydrogens is 460 g/mol. The van der Waals surface area contributed by atoms with E-state index in [9.17, 15) is 20.1 Å². The van der Waals surface area contributed by atoms with Crippen molar-refractivity contribution in [1.29, 1.82) is 0 Å². The number of esters is 1. The number of allylic oxidation sites excluding steroid dienone is 1. The van der Waals surface area contributed by atoms with Crippen molar-refractivity contribution in [2.24, 2.45) is 15.9 Å². The molecule has 0 bridgehead atoms. The molecule has 0 amide bonds. The third kappa shape index (κ3) is 4.59. The summed E-state index contributed by atoms with van der Waals surface area (Å²) in [5, 5.41) is 33.3. The molecule has 36 heavy (non-hydrogen) atoms. The highest BCUT2D eigenvalue weighted by Gasteiger charge is 2.48. The minimum atomic E-state index is -0.825. The van der Waals surface area contributed by atoms with Gasteiger partial charge in [0.2, 0.25) is 5.96 Å². The summed E-state index contributed by atoms with van der Waals surface area (Å²) in [6, 6.07) is 3.19. The number of fused-ring (bicyclic) bond motifs is 1. The molecule has 0 saturated heterocycles. The molecule has 5 rings (SSSR count). The molecule has 1 aromatic carbocycles. The van der Waals surface area contributed by atoms with Crippen LogP contribution in [0.2, 0.25) is 0 Å². The minimum absolute atomic E-state index is 0.0312. The molecule has 9 nitrogen and oxygen atoms in total. The number of nitrogens with zero attached hydrogens (tertiary/aromatic N) is 3. The summed E-state index contributed by atoms with van der Waals surface area (Å²) >= 11 is 0. The number of phenols is 2. The molecule has 0 aromatic heterocycles. The van der Waals surface area contributed by atoms with Crippen LogP contribution in [-0.2, 0) is 22.4 Å². The predicted octanol–water partition coefficient (Wildman–Crippen LogP) is 4.16. The number of aliphatic hydroxyl groups is 1. The summed E-state index contributed by atoms with van der Waals surface area (Å²) in [6.45, 7) is 3.88. The lowest BCUT2D eigenvalue weighted by Gasteiger charge is -2.42. The van der Waals surface area contributed by atoms with Gasteiger partial charge in [0.1, 0.15) is 29.0 Å². The molecule has 4 aliphatic rings. The summed E-state index contributed by atoms with van der Waals surface area (Å²) in [4.78, 5) is 22.1. The molecule has 1 saturated carbocycles. The number of aliphatic hydroxyl groups excluding tert-OH is 1. The first-order valence-electron chi connectivity index (χ1n) is 12.8. The number of aliphatic imine (C=N–C) groups is 2. The van der Waals surface area contributed by atoms with Crippen LogP contribution in [0.15, 0.2) is 45.2 Å². The van der Waals surface area contributed by atoms with Gasteiger partial charge in [-0.15, -0.1) is 0 Å². The second-order valence-electron chi connectivity index (χ2n) is 10.3. The van der Waals surface area contributed by atoms with E-state index in [1.807, 2.05) is 26.1 Å². The molecule has 3 aliphatic heterocycles. The highest BCUT2D eigenvalue weighted by molar-refractivity contribution is 5.97. The zero-order valence-corrected chi connectivity index (χ0v) is 20.8. The van der Waals surface area contributed by atoms with E-state index in [-0.39, 0.29) is 41.6 Å². The fraction of sp³-hybridized carbons (Fsp3) is 0.519. The van der Waals surface area contributed by atoms with Crippen LogP contribution in [0.25, 0.3) is 0 Å². The summed E-state index contributed by atoms with van der Waals surface area (Å²) in [6.07, 6.45) is 9.26. The molecule has 1 unspecified atom stereocenters. The fourth-order valence-corrected chi connectivity index (χ4v) is 5.84. The Hall–Kier alpha value is -3.33. The van der Waals surface area contributed by atoms with E-state index >= 15 is 0 Å². The van der Waals surface area contributed by atoms with Crippen molar-refractivity contribution in [2.75, 3.05) is 0 Å². The van der Waals surface area contributed by atoms with E-state index < -0.39 is 17.7 Å². The Balaban J connectivity index is 1.36. The maximum absolute atomic E-state index is 13.3. The van der Waals surface area contributed by atoms with Crippen LogP contribution < -0.4 is 5.43 Å². The van der Waals surface area contributed by atoms with Crippen LogP contribution >= 0.6 is 0 Å². The Morgan fingerprint density at radius 1 is 1.17 bits per heavy atom. The normalized spacial score (nSPS) is 26.2. The van der Waals surface area contributed by atoms with Gasteiger partial charge in [-0.2, -0.15) is 0 Å². The number of rotatable bonds is 7. The number of guanidine groups is 1. The van der Waals surface area contributed by atoms with Crippen LogP contribution in [0.4, 0.5) is 0 Å². The van der Waals surface area contributed by atoms with Gasteiger partial charge in [0.05, 0.1) is 5.57 Å². The Kier molecular flexibility index (Phi) is 6.51. The number of carbonyl (C=O) groups is 1. The maximum Gasteiger partial charge on any atom is 0.338 e. The number of aromatic hydroxyl groups is 2. The van der Waals surface area contributed by atoms with Crippen LogP contribution in [0.1, 0.15) is 69.9 Å². The SMILES string of the molecule is CCc1cc(CC[C@]2(C3CCCC3)CC(O)=C(CC3N=C4N=CC(C)=CN4N3)C(=O)O2)c(O)cc1O. The minimum Gasteiger partial charge on any atom is -0.512 e. The van der Waals surface area contributed by atoms with Crippen LogP contribution in [0.5, 0.6) is 11.5 Å². The standard InChI is InChI=1S/C27H34N4O5/c1-3-17-10-18(22(33)12-21(17)32)8-9-27(19-6-4-5-7-19)13-23(34)20(25(35)36-27)11-24-29-26-28-14-16(2)15-31(26)30-24/h10,12,14-15,19,24,30,32-34H,3-9,11,13H2,1-2H3/t24?,27-/m1/s1. The van der Waals surface area contributed by atoms with Crippen molar-refractivity contribution in [1.82, 2.24) is 10.4 Å². The largest absolute Gasteiger partial charge is 0.512 e. The molecule has 0 spiro atoms. The van der Waals surface area contributed by atoms with E-state index in [0.29, 0.717) is 30.8 Å². The Morgan fingerprint density at radius 3 is 2.64 bits per heavy atom. The van der Waals surface area contributed by atoms with Crippen molar-refractivity contribution < 1.29 is 24.9 Å². The lowest BCUT2D eigenvalue weighted by atomic mass is 9.76. The second kappa shape index (κ2) is 9.61. The van der Waals surface area contributed by atoms with Gasteiger partial charge in [-0.1, -0.05) is 19.8 Å². The first kappa shape index (κ1) is 24.4. The highest BCUT2D eigenvalue weighted by atomic mass is 16.6. The molecule has 192 valence electrons. The predicted molar refractivity (Wildman–Crippen MR) is 136 cm³/mol. The Labute approximate surface area is 210 Å². The molecule has 3 heterocycles. The monoisotopic (exact) mass is 494 g/mol. The van der Waals surface area contributed by atoms with Crippen LogP contribution in [-0.4, -0.2) is 50.2 Å². The number of phenolic OH excluding ortho intramolecular Hbond substituents is 2. The highest BCUT2D eigenvalue weighted by Crippen LogP contribution is 2.46. The third-order valence-corrected chi connectivity index (χ3v) is 7.82. The molecule has 0 radical (unpaired) electrons. The van der Waals surface area contributed by atoms with Crippen molar-refractivity contribution >= 4 is 18.1 Å². The molecule has 9 heteroatoms. The number of cyclic esters (lactones) is 1. The van der Waals surface area contributed by atoms with Gasteiger partial charge >= 0.3 is 5.97 Å². The molecular formula is C27H34N4O5.